The third-order valence-electron chi connectivity index (χ3n) is 3.36. The molecule has 164 valence electrons. The Hall–Kier alpha value is -2.86. The van der Waals surface area contributed by atoms with Crippen LogP contribution >= 0.6 is 11.6 Å². The molecule has 0 bridgehead atoms. The second-order valence-electron chi connectivity index (χ2n) is 6.86. The van der Waals surface area contributed by atoms with Gasteiger partial charge in [0, 0.05) is 6.92 Å². The molecule has 0 radical (unpaired) electrons. The number of hydroxylamine groups is 1. The van der Waals surface area contributed by atoms with E-state index in [4.69, 9.17) is 25.6 Å². The quantitative estimate of drug-likeness (QED) is 0.678. The summed E-state index contributed by atoms with van der Waals surface area (Å²) in [5, 5.41) is 8.81. The fraction of sp³-hybridized carbons (Fsp3) is 0.412. The molecule has 2 rings (SSSR count). The molecule has 9 nitrogen and oxygen atoms in total. The first-order valence-corrected chi connectivity index (χ1v) is 8.70. The van der Waals surface area contributed by atoms with Gasteiger partial charge in [0.15, 0.2) is 0 Å². The van der Waals surface area contributed by atoms with Gasteiger partial charge >= 0.3 is 18.3 Å². The molecule has 13 heteroatoms. The molecule has 0 saturated carbocycles. The van der Waals surface area contributed by atoms with Crippen LogP contribution in [0.4, 0.5) is 29.7 Å². The summed E-state index contributed by atoms with van der Waals surface area (Å²) in [7, 11) is 0.953. The Balaban J connectivity index is 2.56. The van der Waals surface area contributed by atoms with Crippen molar-refractivity contribution in [2.45, 2.75) is 39.5 Å². The number of alkyl halides is 3. The molecule has 0 atom stereocenters. The summed E-state index contributed by atoms with van der Waals surface area (Å²) >= 11 is 6.12. The van der Waals surface area contributed by atoms with Gasteiger partial charge in [0.2, 0.25) is 5.89 Å². The number of hydrogen-bond acceptors (Lipinski definition) is 7. The van der Waals surface area contributed by atoms with Crippen molar-refractivity contribution in [1.29, 1.82) is 0 Å². The number of nitrogens with one attached hydrogen (secondary N) is 1. The van der Waals surface area contributed by atoms with Gasteiger partial charge in [0.05, 0.1) is 23.3 Å². The largest absolute Gasteiger partial charge is 0.442 e. The van der Waals surface area contributed by atoms with Crippen molar-refractivity contribution in [2.24, 2.45) is 0 Å². The highest BCUT2D eigenvalue weighted by Crippen LogP contribution is 2.43. The number of nitrogens with zero attached hydrogens (tertiary/aromatic N) is 3. The van der Waals surface area contributed by atoms with Crippen molar-refractivity contribution in [3.63, 3.8) is 0 Å². The Kier molecular flexibility index (Phi) is 6.62. The first kappa shape index (κ1) is 23.4. The molecule has 0 aliphatic rings. The van der Waals surface area contributed by atoms with Crippen LogP contribution in [0.5, 0.6) is 0 Å². The summed E-state index contributed by atoms with van der Waals surface area (Å²) in [6, 6.07) is 1.15. The lowest BCUT2D eigenvalue weighted by molar-refractivity contribution is -0.137. The van der Waals surface area contributed by atoms with E-state index >= 15 is 0 Å². The van der Waals surface area contributed by atoms with Gasteiger partial charge in [-0.05, 0) is 32.9 Å². The maximum absolute atomic E-state index is 13.6. The van der Waals surface area contributed by atoms with E-state index in [1.807, 2.05) is 0 Å². The topological polar surface area (TPSA) is 107 Å². The van der Waals surface area contributed by atoms with E-state index in [1.54, 1.807) is 0 Å². The maximum atomic E-state index is 13.6. The number of benzene rings is 1. The SMILES string of the molecule is CON(C(=O)OC(C)(C)C)c1c(C(F)(F)F)ccc(C(=O)Nc2nnc(C)o2)c1Cl. The summed E-state index contributed by atoms with van der Waals surface area (Å²) in [4.78, 5) is 29.7. The molecule has 0 aliphatic heterocycles. The molecular weight excluding hydrogens is 433 g/mol. The smallest absolute Gasteiger partial charge is 0.439 e. The highest BCUT2D eigenvalue weighted by Gasteiger charge is 2.40. The molecular formula is C17H18ClF3N4O5. The number of halogens is 4. The second-order valence-corrected chi connectivity index (χ2v) is 7.24. The minimum absolute atomic E-state index is 0.153. The number of aromatic nitrogens is 2. The van der Waals surface area contributed by atoms with Crippen LogP contribution in [0, 0.1) is 6.92 Å². The molecule has 0 fully saturated rings. The summed E-state index contributed by atoms with van der Waals surface area (Å²) in [5.41, 5.74) is -3.66. The van der Waals surface area contributed by atoms with Crippen molar-refractivity contribution < 1.29 is 36.8 Å². The van der Waals surface area contributed by atoms with Gasteiger partial charge in [-0.2, -0.15) is 18.2 Å². The Morgan fingerprint density at radius 2 is 1.83 bits per heavy atom. The zero-order chi connectivity index (χ0) is 22.9. The van der Waals surface area contributed by atoms with E-state index < -0.39 is 45.6 Å². The third kappa shape index (κ3) is 5.39. The highest BCUT2D eigenvalue weighted by atomic mass is 35.5. The number of rotatable bonds is 4. The predicted molar refractivity (Wildman–Crippen MR) is 99.2 cm³/mol. The van der Waals surface area contributed by atoms with Gasteiger partial charge in [0.25, 0.3) is 5.91 Å². The first-order valence-electron chi connectivity index (χ1n) is 8.33. The number of ether oxygens (including phenoxy) is 1. The zero-order valence-electron chi connectivity index (χ0n) is 16.5. The van der Waals surface area contributed by atoms with Crippen LogP contribution in [0.15, 0.2) is 16.5 Å². The summed E-state index contributed by atoms with van der Waals surface area (Å²) in [6.07, 6.45) is -6.18. The van der Waals surface area contributed by atoms with Crippen LogP contribution in [0.3, 0.4) is 0 Å². The number of carbonyl (C=O) groups is 2. The van der Waals surface area contributed by atoms with Crippen molar-refractivity contribution in [3.8, 4) is 0 Å². The number of carbonyl (C=O) groups excluding carboxylic acids is 2. The number of aryl methyl sites for hydroxylation is 1. The highest BCUT2D eigenvalue weighted by molar-refractivity contribution is 6.37. The number of anilines is 2. The van der Waals surface area contributed by atoms with Crippen LogP contribution in [0.1, 0.15) is 42.6 Å². The molecule has 1 aromatic carbocycles. The fourth-order valence-corrected chi connectivity index (χ4v) is 2.57. The molecule has 30 heavy (non-hydrogen) atoms. The summed E-state index contributed by atoms with van der Waals surface area (Å²) in [6.45, 7) is 6.02. The van der Waals surface area contributed by atoms with Crippen LogP contribution in [-0.4, -0.2) is 34.9 Å². The van der Waals surface area contributed by atoms with Crippen LogP contribution < -0.4 is 10.4 Å². The van der Waals surface area contributed by atoms with E-state index in [0.717, 1.165) is 13.2 Å². The van der Waals surface area contributed by atoms with Crippen molar-refractivity contribution in [2.75, 3.05) is 17.5 Å². The van der Waals surface area contributed by atoms with Gasteiger partial charge in [-0.1, -0.05) is 16.7 Å². The van der Waals surface area contributed by atoms with E-state index in [9.17, 15) is 22.8 Å². The molecule has 0 spiro atoms. The van der Waals surface area contributed by atoms with Crippen LogP contribution in [-0.2, 0) is 15.8 Å². The molecule has 2 aromatic rings. The minimum atomic E-state index is -4.92. The lowest BCUT2D eigenvalue weighted by Crippen LogP contribution is -2.37. The number of hydrogen-bond donors (Lipinski definition) is 1. The van der Waals surface area contributed by atoms with Crippen LogP contribution in [0.25, 0.3) is 0 Å². The van der Waals surface area contributed by atoms with E-state index in [0.29, 0.717) is 6.07 Å². The van der Waals surface area contributed by atoms with E-state index in [2.05, 4.69) is 15.5 Å². The Bertz CT molecular complexity index is 956. The van der Waals surface area contributed by atoms with Gasteiger partial charge in [0.1, 0.15) is 11.3 Å². The first-order chi connectivity index (χ1) is 13.7. The lowest BCUT2D eigenvalue weighted by atomic mass is 10.1. The number of amides is 2. The minimum Gasteiger partial charge on any atom is -0.442 e. The van der Waals surface area contributed by atoms with Gasteiger partial charge in [-0.3, -0.25) is 14.9 Å². The van der Waals surface area contributed by atoms with Gasteiger partial charge < -0.3 is 9.15 Å². The van der Waals surface area contributed by atoms with Crippen molar-refractivity contribution in [3.05, 3.63) is 34.2 Å². The molecule has 2 amide bonds. The predicted octanol–water partition coefficient (Wildman–Crippen LogP) is 4.61. The normalized spacial score (nSPS) is 11.9. The molecule has 1 N–H and O–H groups in total. The molecule has 1 heterocycles. The average molecular weight is 451 g/mol. The Labute approximate surface area is 174 Å². The third-order valence-corrected chi connectivity index (χ3v) is 3.74. The van der Waals surface area contributed by atoms with Gasteiger partial charge in [-0.25, -0.2) is 4.79 Å². The Morgan fingerprint density at radius 1 is 1.20 bits per heavy atom. The summed E-state index contributed by atoms with van der Waals surface area (Å²) in [5.74, 6) is -0.793. The second kappa shape index (κ2) is 8.48. The van der Waals surface area contributed by atoms with Gasteiger partial charge in [-0.15, -0.1) is 5.10 Å². The molecule has 0 saturated heterocycles. The maximum Gasteiger partial charge on any atom is 0.439 e. The fourth-order valence-electron chi connectivity index (χ4n) is 2.24. The monoisotopic (exact) mass is 450 g/mol. The van der Waals surface area contributed by atoms with Crippen molar-refractivity contribution in [1.82, 2.24) is 10.2 Å². The zero-order valence-corrected chi connectivity index (χ0v) is 17.3. The molecule has 0 aliphatic carbocycles. The Morgan fingerprint density at radius 3 is 2.30 bits per heavy atom. The summed E-state index contributed by atoms with van der Waals surface area (Å²) < 4.78 is 50.8. The standard InChI is InChI=1S/C17H18ClF3N4O5/c1-8-23-24-14(29-8)22-13(26)9-6-7-10(17(19,20)21)12(11(9)18)25(28-5)15(27)30-16(2,3)4/h6-7H,1-5H3,(H,22,24,26). The molecule has 0 unspecified atom stereocenters. The molecule has 1 aromatic heterocycles. The van der Waals surface area contributed by atoms with E-state index in [-0.39, 0.29) is 17.0 Å². The lowest BCUT2D eigenvalue weighted by Gasteiger charge is -2.28. The van der Waals surface area contributed by atoms with Crippen molar-refractivity contribution >= 4 is 35.3 Å². The average Bonchev–Trinajstić information content (AvgIpc) is 2.98. The van der Waals surface area contributed by atoms with Crippen LogP contribution in [0.2, 0.25) is 5.02 Å². The van der Waals surface area contributed by atoms with E-state index in [1.165, 1.54) is 27.7 Å².